The molecule has 1 heterocycles. The van der Waals surface area contributed by atoms with Crippen molar-refractivity contribution >= 4 is 76.6 Å². The van der Waals surface area contributed by atoms with Gasteiger partial charge in [-0.2, -0.15) is 0 Å². The summed E-state index contributed by atoms with van der Waals surface area (Å²) >= 11 is 0. The molecule has 0 amide bonds. The molecule has 232 valence electrons. The monoisotopic (exact) mass is 621 g/mol. The molecule has 0 fully saturated rings. The number of rotatable bonds is 8. The van der Waals surface area contributed by atoms with E-state index in [1.807, 2.05) is 87.6 Å². The van der Waals surface area contributed by atoms with E-state index in [1.54, 1.807) is 0 Å². The van der Waals surface area contributed by atoms with Crippen LogP contribution < -0.4 is 16.7 Å². The first-order valence-corrected chi connectivity index (χ1v) is 16.2. The van der Waals surface area contributed by atoms with Crippen molar-refractivity contribution in [3.8, 4) is 0 Å². The highest BCUT2D eigenvalue weighted by Gasteiger charge is 2.14. The second-order valence-electron chi connectivity index (χ2n) is 12.1. The Bertz CT molecular complexity index is 2280. The Morgan fingerprint density at radius 3 is 2.52 bits per heavy atom. The maximum Gasteiger partial charge on any atom is 0.157 e. The van der Waals surface area contributed by atoms with Crippen LogP contribution >= 0.6 is 0 Å². The third-order valence-corrected chi connectivity index (χ3v) is 8.51. The fraction of sp³-hybridized carbons (Fsp3) is 0.143. The molecular formula is C42H37B2N3O. The van der Waals surface area contributed by atoms with Crippen LogP contribution in [0, 0.1) is 0 Å². The minimum absolute atomic E-state index is 0.272. The lowest BCUT2D eigenvalue weighted by Gasteiger charge is -2.11. The molecule has 6 rings (SSSR count). The lowest BCUT2D eigenvalue weighted by molar-refractivity contribution is 0.669. The van der Waals surface area contributed by atoms with E-state index in [4.69, 9.17) is 35.8 Å². The molecule has 0 saturated heterocycles. The molecule has 1 aliphatic carbocycles. The van der Waals surface area contributed by atoms with E-state index in [0.717, 1.165) is 67.8 Å². The van der Waals surface area contributed by atoms with E-state index in [1.165, 1.54) is 11.1 Å². The molecule has 0 aliphatic heterocycles. The second-order valence-corrected chi connectivity index (χ2v) is 12.1. The first kappa shape index (κ1) is 32.6. The van der Waals surface area contributed by atoms with Gasteiger partial charge in [0.1, 0.15) is 32.7 Å². The summed E-state index contributed by atoms with van der Waals surface area (Å²) in [6.07, 6.45) is 20.9. The van der Waals surface area contributed by atoms with Crippen LogP contribution in [0.25, 0.3) is 38.3 Å². The van der Waals surface area contributed by atoms with Gasteiger partial charge in [0, 0.05) is 16.3 Å². The van der Waals surface area contributed by atoms with Crippen LogP contribution in [0.2, 0.25) is 0 Å². The number of aliphatic imine (C=N–C) groups is 2. The van der Waals surface area contributed by atoms with Crippen molar-refractivity contribution in [1.29, 1.82) is 0 Å². The highest BCUT2D eigenvalue weighted by Crippen LogP contribution is 2.31. The Morgan fingerprint density at radius 1 is 0.896 bits per heavy atom. The number of nitrogens with zero attached hydrogens (tertiary/aromatic N) is 2. The first-order chi connectivity index (χ1) is 23.3. The van der Waals surface area contributed by atoms with Gasteiger partial charge in [0.05, 0.1) is 6.54 Å². The van der Waals surface area contributed by atoms with Gasteiger partial charge in [-0.25, -0.2) is 4.99 Å². The Morgan fingerprint density at radius 2 is 1.71 bits per heavy atom. The largest absolute Gasteiger partial charge is 0.456 e. The minimum Gasteiger partial charge on any atom is -0.456 e. The zero-order valence-corrected chi connectivity index (χ0v) is 27.7. The molecule has 4 nitrogen and oxygen atoms in total. The molecule has 4 aromatic carbocycles. The summed E-state index contributed by atoms with van der Waals surface area (Å²) in [7, 11) is 12.7. The standard InChI is InChI=1S/C42H37B2N3O/c1-4-5-7-10-27(2)13-14-28(3)41(45)47-42(33-18-17-31-23-30(15-16-32(31)24-33)29-11-8-6-9-12-29)46-26-36-37(44)20-22-39-40(36)35-25-34(43)19-21-38(35)48-39/h4-5,7-8,10-25H,6,9,26H2,1-3H3,(H2,45,46,47)/b5-4-,10-7-,27-13+,28-14+. The van der Waals surface area contributed by atoms with Gasteiger partial charge in [-0.15, -0.1) is 0 Å². The molecule has 6 heteroatoms. The minimum atomic E-state index is 0.272. The fourth-order valence-electron chi connectivity index (χ4n) is 5.80. The quantitative estimate of drug-likeness (QED) is 0.0819. The van der Waals surface area contributed by atoms with Gasteiger partial charge in [0.15, 0.2) is 5.84 Å². The molecule has 0 unspecified atom stereocenters. The molecular weight excluding hydrogens is 584 g/mol. The smallest absolute Gasteiger partial charge is 0.157 e. The lowest BCUT2D eigenvalue weighted by Crippen LogP contribution is -2.17. The molecule has 0 spiro atoms. The van der Waals surface area contributed by atoms with Crippen LogP contribution in [0.15, 0.2) is 147 Å². The number of allylic oxidation sites excluding steroid dienone is 11. The van der Waals surface area contributed by atoms with Crippen molar-refractivity contribution in [3.05, 3.63) is 149 Å². The van der Waals surface area contributed by atoms with Gasteiger partial charge in [-0.05, 0) is 90.9 Å². The Labute approximate surface area is 285 Å². The third-order valence-electron chi connectivity index (χ3n) is 8.51. The summed E-state index contributed by atoms with van der Waals surface area (Å²) in [5, 5.41) is 4.04. The zero-order valence-electron chi connectivity index (χ0n) is 27.7. The molecule has 5 aromatic rings. The normalized spacial score (nSPS) is 15.1. The van der Waals surface area contributed by atoms with Crippen molar-refractivity contribution in [2.45, 2.75) is 40.2 Å². The Kier molecular flexibility index (Phi) is 9.91. The van der Waals surface area contributed by atoms with Crippen LogP contribution in [0.1, 0.15) is 50.3 Å². The van der Waals surface area contributed by atoms with Crippen LogP contribution in [-0.4, -0.2) is 27.4 Å². The maximum absolute atomic E-state index is 6.62. The van der Waals surface area contributed by atoms with Crippen molar-refractivity contribution in [2.24, 2.45) is 15.7 Å². The average molecular weight is 621 g/mol. The molecule has 4 radical (unpaired) electrons. The third kappa shape index (κ3) is 7.29. The number of fused-ring (bicyclic) bond motifs is 4. The van der Waals surface area contributed by atoms with E-state index < -0.39 is 0 Å². The van der Waals surface area contributed by atoms with Crippen molar-refractivity contribution < 1.29 is 4.42 Å². The molecule has 0 bridgehead atoms. The Balaban J connectivity index is 1.43. The topological polar surface area (TPSA) is 63.9 Å². The zero-order chi connectivity index (χ0) is 33.6. The summed E-state index contributed by atoms with van der Waals surface area (Å²) in [6.45, 7) is 6.26. The molecule has 48 heavy (non-hydrogen) atoms. The first-order valence-electron chi connectivity index (χ1n) is 16.2. The number of benzene rings is 4. The van der Waals surface area contributed by atoms with Crippen LogP contribution in [0.3, 0.4) is 0 Å². The molecule has 2 N–H and O–H groups in total. The summed E-state index contributed by atoms with van der Waals surface area (Å²) < 4.78 is 6.13. The summed E-state index contributed by atoms with van der Waals surface area (Å²) in [5.74, 6) is 0.899. The van der Waals surface area contributed by atoms with Crippen LogP contribution in [0.5, 0.6) is 0 Å². The van der Waals surface area contributed by atoms with Crippen LogP contribution in [-0.2, 0) is 6.54 Å². The van der Waals surface area contributed by atoms with E-state index in [9.17, 15) is 0 Å². The predicted molar refractivity (Wildman–Crippen MR) is 208 cm³/mol. The molecule has 0 atom stereocenters. The van der Waals surface area contributed by atoms with E-state index in [-0.39, 0.29) is 6.54 Å². The number of hydrogen-bond acceptors (Lipinski definition) is 2. The maximum atomic E-state index is 6.62. The number of furan rings is 1. The number of nitrogens with two attached hydrogens (primary N) is 1. The van der Waals surface area contributed by atoms with Gasteiger partial charge in [0.2, 0.25) is 0 Å². The van der Waals surface area contributed by atoms with Crippen molar-refractivity contribution in [3.63, 3.8) is 0 Å². The lowest BCUT2D eigenvalue weighted by atomic mass is 9.87. The van der Waals surface area contributed by atoms with Gasteiger partial charge in [-0.1, -0.05) is 114 Å². The average Bonchev–Trinajstić information content (AvgIpc) is 3.47. The highest BCUT2D eigenvalue weighted by atomic mass is 16.3. The van der Waals surface area contributed by atoms with Crippen molar-refractivity contribution in [2.75, 3.05) is 0 Å². The van der Waals surface area contributed by atoms with Gasteiger partial charge in [0.25, 0.3) is 0 Å². The molecule has 1 aromatic heterocycles. The summed E-state index contributed by atoms with van der Waals surface area (Å²) in [6, 6.07) is 22.2. The summed E-state index contributed by atoms with van der Waals surface area (Å²) in [4.78, 5) is 9.97. The van der Waals surface area contributed by atoms with Gasteiger partial charge < -0.3 is 10.2 Å². The van der Waals surface area contributed by atoms with E-state index in [0.29, 0.717) is 22.6 Å². The molecule has 1 aliphatic rings. The SMILES string of the molecule is [B]c1ccc2oc3ccc([B])c(CN=C(N=C(N)/C(C)=C/C=C(C)/C=C\C=C/C)c4ccc5cc(C6=CCCC=C6)ccc5c4)c3c2c1. The highest BCUT2D eigenvalue weighted by molar-refractivity contribution is 6.36. The second kappa shape index (κ2) is 14.6. The Hall–Kier alpha value is -5.35. The summed E-state index contributed by atoms with van der Waals surface area (Å²) in [5.41, 5.74) is 15.5. The van der Waals surface area contributed by atoms with Crippen molar-refractivity contribution in [1.82, 2.24) is 0 Å². The van der Waals surface area contributed by atoms with E-state index in [2.05, 4.69) is 54.6 Å². The fourth-order valence-corrected chi connectivity index (χ4v) is 5.80. The molecule has 0 saturated carbocycles. The predicted octanol–water partition coefficient (Wildman–Crippen LogP) is 8.39. The van der Waals surface area contributed by atoms with Gasteiger partial charge >= 0.3 is 0 Å². The van der Waals surface area contributed by atoms with Crippen LogP contribution in [0.4, 0.5) is 0 Å². The number of amidine groups is 2. The van der Waals surface area contributed by atoms with E-state index >= 15 is 0 Å². The number of hydrogen-bond donors (Lipinski definition) is 1. The van der Waals surface area contributed by atoms with Gasteiger partial charge in [-0.3, -0.25) is 4.99 Å².